The van der Waals surface area contributed by atoms with E-state index >= 15 is 0 Å². The van der Waals surface area contributed by atoms with Crippen LogP contribution in [0.1, 0.15) is 37.9 Å². The summed E-state index contributed by atoms with van der Waals surface area (Å²) in [5.74, 6) is 1.17. The summed E-state index contributed by atoms with van der Waals surface area (Å²) in [6.07, 6.45) is 3.38. The van der Waals surface area contributed by atoms with Crippen molar-refractivity contribution < 1.29 is 0 Å². The van der Waals surface area contributed by atoms with Crippen molar-refractivity contribution in [3.8, 4) is 0 Å². The molecule has 1 aliphatic rings. The lowest BCUT2D eigenvalue weighted by Gasteiger charge is -2.30. The molecular formula is C14H25N4P. The maximum absolute atomic E-state index is 4.71. The second kappa shape index (κ2) is 6.62. The lowest BCUT2D eigenvalue weighted by molar-refractivity contribution is 0.307. The Kier molecular flexibility index (Phi) is 5.12. The van der Waals surface area contributed by atoms with E-state index < -0.39 is 0 Å². The summed E-state index contributed by atoms with van der Waals surface area (Å²) in [5.41, 5.74) is 3.40. The van der Waals surface area contributed by atoms with Crippen molar-refractivity contribution >= 4 is 20.6 Å². The van der Waals surface area contributed by atoms with E-state index in [1.54, 1.807) is 0 Å². The van der Waals surface area contributed by atoms with E-state index in [2.05, 4.69) is 44.9 Å². The van der Waals surface area contributed by atoms with Crippen LogP contribution in [-0.2, 0) is 13.0 Å². The van der Waals surface area contributed by atoms with Gasteiger partial charge in [-0.15, -0.1) is 0 Å². The summed E-state index contributed by atoms with van der Waals surface area (Å²) < 4.78 is 0. The first-order valence-corrected chi connectivity index (χ1v) is 7.82. The Morgan fingerprint density at radius 2 is 1.89 bits per heavy atom. The molecule has 2 rings (SSSR count). The monoisotopic (exact) mass is 280 g/mol. The summed E-state index contributed by atoms with van der Waals surface area (Å²) in [6.45, 7) is 8.66. The van der Waals surface area contributed by atoms with Gasteiger partial charge in [0.25, 0.3) is 0 Å². The molecule has 0 aliphatic carbocycles. The van der Waals surface area contributed by atoms with Crippen LogP contribution in [0.15, 0.2) is 0 Å². The molecular weight excluding hydrogens is 255 g/mol. The normalized spacial score (nSPS) is 15.4. The first kappa shape index (κ1) is 14.7. The molecule has 1 atom stereocenters. The van der Waals surface area contributed by atoms with E-state index in [1.165, 1.54) is 17.1 Å². The van der Waals surface area contributed by atoms with Gasteiger partial charge < -0.3 is 9.80 Å². The van der Waals surface area contributed by atoms with E-state index in [0.717, 1.165) is 51.0 Å². The van der Waals surface area contributed by atoms with Crippen LogP contribution in [0.5, 0.6) is 0 Å². The molecule has 2 heterocycles. The van der Waals surface area contributed by atoms with Crippen molar-refractivity contribution in [3.63, 3.8) is 0 Å². The van der Waals surface area contributed by atoms with Crippen molar-refractivity contribution in [3.05, 3.63) is 11.3 Å². The lowest BCUT2D eigenvalue weighted by atomic mass is 10.1. The first-order chi connectivity index (χ1) is 9.15. The van der Waals surface area contributed by atoms with Crippen LogP contribution in [-0.4, -0.2) is 41.5 Å². The molecule has 1 unspecified atom stereocenters. The van der Waals surface area contributed by atoms with Gasteiger partial charge in [0, 0.05) is 31.7 Å². The van der Waals surface area contributed by atoms with Crippen LogP contribution in [0, 0.1) is 0 Å². The van der Waals surface area contributed by atoms with Gasteiger partial charge in [-0.1, -0.05) is 23.1 Å². The Labute approximate surface area is 118 Å². The highest BCUT2D eigenvalue weighted by Crippen LogP contribution is 2.25. The van der Waals surface area contributed by atoms with Crippen molar-refractivity contribution in [2.24, 2.45) is 0 Å². The average Bonchev–Trinajstić information content (AvgIpc) is 2.37. The lowest BCUT2D eigenvalue weighted by Crippen LogP contribution is -2.34. The Bertz CT molecular complexity index is 430. The van der Waals surface area contributed by atoms with Gasteiger partial charge in [0.1, 0.15) is 11.4 Å². The predicted octanol–water partition coefficient (Wildman–Crippen LogP) is 1.59. The molecule has 5 heteroatoms. The third-order valence-electron chi connectivity index (χ3n) is 3.54. The number of nitrogens with zero attached hydrogens (tertiary/aromatic N) is 4. The number of hydrogen-bond donors (Lipinski definition) is 0. The molecule has 0 radical (unpaired) electrons. The van der Waals surface area contributed by atoms with Crippen LogP contribution >= 0.6 is 9.24 Å². The van der Waals surface area contributed by atoms with Gasteiger partial charge in [0.15, 0.2) is 0 Å². The SMILES string of the molecule is CCCN(CCC)c1nc(P)nc2c1CCN(C)C2. The molecule has 0 amide bonds. The zero-order valence-corrected chi connectivity index (χ0v) is 13.5. The molecule has 0 spiro atoms. The number of rotatable bonds is 5. The smallest absolute Gasteiger partial charge is 0.147 e. The van der Waals surface area contributed by atoms with E-state index in [0.29, 0.717) is 0 Å². The highest BCUT2D eigenvalue weighted by atomic mass is 31.0. The summed E-state index contributed by atoms with van der Waals surface area (Å²) >= 11 is 0. The summed E-state index contributed by atoms with van der Waals surface area (Å²) in [4.78, 5) is 14.1. The van der Waals surface area contributed by atoms with E-state index in [-0.39, 0.29) is 0 Å². The minimum atomic E-state index is 0.821. The van der Waals surface area contributed by atoms with Gasteiger partial charge in [-0.2, -0.15) is 0 Å². The molecule has 4 nitrogen and oxygen atoms in total. The fraction of sp³-hybridized carbons (Fsp3) is 0.714. The maximum Gasteiger partial charge on any atom is 0.147 e. The van der Waals surface area contributed by atoms with Crippen LogP contribution in [0.25, 0.3) is 0 Å². The Morgan fingerprint density at radius 3 is 2.53 bits per heavy atom. The first-order valence-electron chi connectivity index (χ1n) is 7.24. The Balaban J connectivity index is 2.38. The topological polar surface area (TPSA) is 32.3 Å². The van der Waals surface area contributed by atoms with Crippen LogP contribution in [0.3, 0.4) is 0 Å². The minimum Gasteiger partial charge on any atom is -0.356 e. The highest BCUT2D eigenvalue weighted by molar-refractivity contribution is 7.26. The zero-order valence-electron chi connectivity index (χ0n) is 12.3. The van der Waals surface area contributed by atoms with Crippen LogP contribution < -0.4 is 10.5 Å². The molecule has 106 valence electrons. The van der Waals surface area contributed by atoms with E-state index in [1.807, 2.05) is 0 Å². The standard InChI is InChI=1S/C14H25N4P/c1-4-7-18(8-5-2)13-11-6-9-17(3)10-12(11)15-14(19)16-13/h4-10,19H2,1-3H3. The third-order valence-corrected chi connectivity index (χ3v) is 3.80. The molecule has 0 saturated heterocycles. The molecule has 0 aromatic carbocycles. The molecule has 1 aromatic heterocycles. The third kappa shape index (κ3) is 3.43. The fourth-order valence-electron chi connectivity index (χ4n) is 2.69. The molecule has 0 bridgehead atoms. The summed E-state index contributed by atoms with van der Waals surface area (Å²) in [5, 5.41) is 0. The number of aromatic nitrogens is 2. The van der Waals surface area contributed by atoms with Gasteiger partial charge in [0.2, 0.25) is 0 Å². The quantitative estimate of drug-likeness (QED) is 0.767. The molecule has 0 fully saturated rings. The van der Waals surface area contributed by atoms with Gasteiger partial charge in [-0.3, -0.25) is 0 Å². The van der Waals surface area contributed by atoms with Crippen molar-refractivity contribution in [1.82, 2.24) is 14.9 Å². The second-order valence-electron chi connectivity index (χ2n) is 5.31. The zero-order chi connectivity index (χ0) is 13.8. The van der Waals surface area contributed by atoms with Gasteiger partial charge >= 0.3 is 0 Å². The van der Waals surface area contributed by atoms with Crippen molar-refractivity contribution in [1.29, 1.82) is 0 Å². The fourth-order valence-corrected chi connectivity index (χ4v) is 2.96. The molecule has 1 aliphatic heterocycles. The Hall–Kier alpha value is -0.730. The number of anilines is 1. The molecule has 0 saturated carbocycles. The van der Waals surface area contributed by atoms with Gasteiger partial charge in [-0.25, -0.2) is 9.97 Å². The largest absolute Gasteiger partial charge is 0.356 e. The molecule has 19 heavy (non-hydrogen) atoms. The van der Waals surface area contributed by atoms with Crippen LogP contribution in [0.4, 0.5) is 5.82 Å². The predicted molar refractivity (Wildman–Crippen MR) is 84.2 cm³/mol. The van der Waals surface area contributed by atoms with E-state index in [4.69, 9.17) is 4.98 Å². The molecule has 0 N–H and O–H groups in total. The highest BCUT2D eigenvalue weighted by Gasteiger charge is 2.22. The molecule has 1 aromatic rings. The summed E-state index contributed by atoms with van der Waals surface area (Å²) in [7, 11) is 4.81. The van der Waals surface area contributed by atoms with Gasteiger partial charge in [-0.05, 0) is 26.3 Å². The number of fused-ring (bicyclic) bond motifs is 1. The maximum atomic E-state index is 4.71. The number of hydrogen-bond acceptors (Lipinski definition) is 4. The minimum absolute atomic E-state index is 0.821. The van der Waals surface area contributed by atoms with Crippen molar-refractivity contribution in [2.45, 2.75) is 39.7 Å². The van der Waals surface area contributed by atoms with Gasteiger partial charge in [0.05, 0.1) is 5.69 Å². The second-order valence-corrected chi connectivity index (χ2v) is 5.82. The number of likely N-dealkylation sites (N-methyl/N-ethyl adjacent to an activating group) is 1. The summed E-state index contributed by atoms with van der Waals surface area (Å²) in [6, 6.07) is 0. The van der Waals surface area contributed by atoms with Crippen LogP contribution in [0.2, 0.25) is 0 Å². The van der Waals surface area contributed by atoms with E-state index in [9.17, 15) is 0 Å². The van der Waals surface area contributed by atoms with Crippen molar-refractivity contribution in [2.75, 3.05) is 31.6 Å². The average molecular weight is 280 g/mol. The Morgan fingerprint density at radius 1 is 1.21 bits per heavy atom.